The van der Waals surface area contributed by atoms with Crippen LogP contribution in [-0.4, -0.2) is 51.5 Å². The third-order valence-corrected chi connectivity index (χ3v) is 4.32. The number of nitrogens with one attached hydrogen (secondary N) is 1. The summed E-state index contributed by atoms with van der Waals surface area (Å²) in [5.74, 6) is -0.436. The van der Waals surface area contributed by atoms with Gasteiger partial charge in [0, 0.05) is 24.7 Å². The Hall–Kier alpha value is -3.02. The number of aromatic hydroxyl groups is 1. The highest BCUT2D eigenvalue weighted by Crippen LogP contribution is 2.34. The minimum Gasteiger partial charge on any atom is -0.503 e. The number of carbonyl (C=O) groups is 2. The Kier molecular flexibility index (Phi) is 6.80. The van der Waals surface area contributed by atoms with Crippen LogP contribution in [0.25, 0.3) is 0 Å². The minimum absolute atomic E-state index is 0.0319. The number of piperidine rings is 1. The zero-order valence-corrected chi connectivity index (χ0v) is 18.4. The zero-order valence-electron chi connectivity index (χ0n) is 18.4. The van der Waals surface area contributed by atoms with E-state index < -0.39 is 23.0 Å². The number of rotatable bonds is 2. The molecular formula is C21H30N4O5. The van der Waals surface area contributed by atoms with Crippen LogP contribution in [-0.2, 0) is 9.47 Å². The van der Waals surface area contributed by atoms with Gasteiger partial charge in [-0.25, -0.2) is 14.6 Å². The number of pyridine rings is 1. The zero-order chi connectivity index (χ0) is 22.7. The molecule has 0 saturated carbocycles. The van der Waals surface area contributed by atoms with Gasteiger partial charge in [-0.1, -0.05) is 0 Å². The van der Waals surface area contributed by atoms with Gasteiger partial charge >= 0.3 is 12.2 Å². The maximum atomic E-state index is 12.2. The summed E-state index contributed by atoms with van der Waals surface area (Å²) in [5.41, 5.74) is -0.800. The first-order valence-corrected chi connectivity index (χ1v) is 9.91. The van der Waals surface area contributed by atoms with Crippen molar-refractivity contribution in [3.63, 3.8) is 0 Å². The first kappa shape index (κ1) is 23.3. The van der Waals surface area contributed by atoms with Crippen LogP contribution in [0.15, 0.2) is 6.07 Å². The molecule has 0 radical (unpaired) electrons. The molecule has 2 rings (SSSR count). The fraction of sp³-hybridized carbons (Fsp3) is 0.619. The first-order valence-electron chi connectivity index (χ1n) is 9.91. The van der Waals surface area contributed by atoms with Crippen molar-refractivity contribution in [3.8, 4) is 11.8 Å². The number of likely N-dealkylation sites (tertiary alicyclic amines) is 1. The number of amides is 2. The number of hydrogen-bond acceptors (Lipinski definition) is 7. The maximum Gasteiger partial charge on any atom is 0.412 e. The topological polar surface area (TPSA) is 125 Å². The third-order valence-electron chi connectivity index (χ3n) is 4.32. The van der Waals surface area contributed by atoms with Gasteiger partial charge in [0.05, 0.1) is 5.69 Å². The van der Waals surface area contributed by atoms with Crippen molar-refractivity contribution in [2.24, 2.45) is 0 Å². The van der Waals surface area contributed by atoms with Crippen LogP contribution in [0.4, 0.5) is 15.3 Å². The largest absolute Gasteiger partial charge is 0.503 e. The molecule has 9 nitrogen and oxygen atoms in total. The lowest BCUT2D eigenvalue weighted by Gasteiger charge is -2.33. The molecule has 9 heteroatoms. The molecule has 0 aromatic carbocycles. The fourth-order valence-corrected chi connectivity index (χ4v) is 3.04. The summed E-state index contributed by atoms with van der Waals surface area (Å²) in [5, 5.41) is 22.1. The second-order valence-electron chi connectivity index (χ2n) is 9.27. The molecule has 1 aromatic heterocycles. The van der Waals surface area contributed by atoms with Crippen LogP contribution in [0.1, 0.15) is 71.7 Å². The molecule has 0 unspecified atom stereocenters. The van der Waals surface area contributed by atoms with Crippen LogP contribution in [0, 0.1) is 11.3 Å². The molecular weight excluding hydrogens is 388 g/mol. The van der Waals surface area contributed by atoms with Crippen LogP contribution in [0.5, 0.6) is 5.75 Å². The van der Waals surface area contributed by atoms with Crippen molar-refractivity contribution in [3.05, 3.63) is 17.5 Å². The molecule has 1 aliphatic rings. The summed E-state index contributed by atoms with van der Waals surface area (Å²) in [4.78, 5) is 30.2. The molecule has 1 saturated heterocycles. The van der Waals surface area contributed by atoms with E-state index in [1.54, 1.807) is 31.7 Å². The normalized spacial score (nSPS) is 15.3. The molecule has 2 amide bonds. The Labute approximate surface area is 177 Å². The van der Waals surface area contributed by atoms with E-state index >= 15 is 0 Å². The summed E-state index contributed by atoms with van der Waals surface area (Å²) in [6.45, 7) is 11.6. The van der Waals surface area contributed by atoms with Gasteiger partial charge in [-0.05, 0) is 60.5 Å². The molecule has 1 aliphatic heterocycles. The molecule has 30 heavy (non-hydrogen) atoms. The van der Waals surface area contributed by atoms with Gasteiger partial charge < -0.3 is 19.5 Å². The van der Waals surface area contributed by atoms with E-state index in [1.165, 1.54) is 0 Å². The molecule has 2 N–H and O–H groups in total. The second kappa shape index (κ2) is 8.78. The Bertz CT molecular complexity index is 841. The maximum absolute atomic E-state index is 12.2. The van der Waals surface area contributed by atoms with E-state index in [2.05, 4.69) is 10.3 Å². The Morgan fingerprint density at radius 3 is 2.23 bits per heavy atom. The summed E-state index contributed by atoms with van der Waals surface area (Å²) < 4.78 is 10.6. The quantitative estimate of drug-likeness (QED) is 0.740. The van der Waals surface area contributed by atoms with Crippen molar-refractivity contribution in [2.75, 3.05) is 18.4 Å². The van der Waals surface area contributed by atoms with Gasteiger partial charge in [0.2, 0.25) is 0 Å². The van der Waals surface area contributed by atoms with Gasteiger partial charge in [0.1, 0.15) is 17.3 Å². The number of ether oxygens (including phenoxy) is 2. The lowest BCUT2D eigenvalue weighted by Crippen LogP contribution is -2.41. The van der Waals surface area contributed by atoms with Crippen LogP contribution in [0.2, 0.25) is 0 Å². The fourth-order valence-electron chi connectivity index (χ4n) is 3.04. The molecule has 0 aliphatic carbocycles. The molecule has 0 bridgehead atoms. The van der Waals surface area contributed by atoms with E-state index in [0.29, 0.717) is 31.6 Å². The van der Waals surface area contributed by atoms with Crippen LogP contribution < -0.4 is 5.32 Å². The Morgan fingerprint density at radius 2 is 1.73 bits per heavy atom. The van der Waals surface area contributed by atoms with E-state index in [1.807, 2.05) is 26.8 Å². The predicted octanol–water partition coefficient (Wildman–Crippen LogP) is 4.12. The molecule has 0 atom stereocenters. The van der Waals surface area contributed by atoms with E-state index in [0.717, 1.165) is 0 Å². The van der Waals surface area contributed by atoms with Crippen molar-refractivity contribution in [1.82, 2.24) is 9.88 Å². The average Bonchev–Trinajstić information content (AvgIpc) is 2.60. The summed E-state index contributed by atoms with van der Waals surface area (Å²) in [7, 11) is 0. The number of nitrogens with zero attached hydrogens (tertiary/aromatic N) is 3. The third kappa shape index (κ3) is 6.51. The molecule has 2 heterocycles. The van der Waals surface area contributed by atoms with Crippen molar-refractivity contribution < 1.29 is 24.2 Å². The molecule has 164 valence electrons. The molecule has 1 aromatic rings. The van der Waals surface area contributed by atoms with Gasteiger partial charge in [-0.3, -0.25) is 5.32 Å². The highest BCUT2D eigenvalue weighted by molar-refractivity contribution is 5.87. The lowest BCUT2D eigenvalue weighted by molar-refractivity contribution is 0.0203. The van der Waals surface area contributed by atoms with E-state index in [9.17, 15) is 20.0 Å². The smallest absolute Gasteiger partial charge is 0.412 e. The first-order chi connectivity index (χ1) is 13.8. The molecule has 1 fully saturated rings. The monoisotopic (exact) mass is 418 g/mol. The summed E-state index contributed by atoms with van der Waals surface area (Å²) in [6.07, 6.45) is 0.143. The van der Waals surface area contributed by atoms with Crippen molar-refractivity contribution >= 4 is 17.9 Å². The van der Waals surface area contributed by atoms with Crippen molar-refractivity contribution in [1.29, 1.82) is 5.26 Å². The van der Waals surface area contributed by atoms with Gasteiger partial charge in [0.15, 0.2) is 11.4 Å². The summed E-state index contributed by atoms with van der Waals surface area (Å²) >= 11 is 0. The highest BCUT2D eigenvalue weighted by atomic mass is 16.6. The number of nitriles is 1. The number of hydrogen-bond donors (Lipinski definition) is 2. The second-order valence-corrected chi connectivity index (χ2v) is 9.27. The van der Waals surface area contributed by atoms with E-state index in [-0.39, 0.29) is 23.4 Å². The van der Waals surface area contributed by atoms with Gasteiger partial charge in [-0.15, -0.1) is 0 Å². The number of carbonyl (C=O) groups excluding carboxylic acids is 2. The lowest BCUT2D eigenvalue weighted by atomic mass is 9.92. The summed E-state index contributed by atoms with van der Waals surface area (Å²) in [6, 6.07) is 3.40. The Balaban J connectivity index is 2.14. The van der Waals surface area contributed by atoms with E-state index in [4.69, 9.17) is 9.47 Å². The van der Waals surface area contributed by atoms with Crippen LogP contribution in [0.3, 0.4) is 0 Å². The standard InChI is InChI=1S/C21H30N4O5/c1-20(2,3)29-18(27)24-15-11-14(23-16(12-22)17(15)26)13-7-9-25(10-8-13)19(28)30-21(4,5)6/h11,13,26H,7-10H2,1-6H3,(H,23,24,27). The van der Waals surface area contributed by atoms with Crippen molar-refractivity contribution in [2.45, 2.75) is 71.5 Å². The average molecular weight is 418 g/mol. The molecule has 0 spiro atoms. The number of aromatic nitrogens is 1. The SMILES string of the molecule is CC(C)(C)OC(=O)Nc1cc(C2CCN(C(=O)OC(C)(C)C)CC2)nc(C#N)c1O. The predicted molar refractivity (Wildman–Crippen MR) is 110 cm³/mol. The minimum atomic E-state index is -0.737. The number of anilines is 1. The van der Waals surface area contributed by atoms with Gasteiger partial charge in [0.25, 0.3) is 0 Å². The van der Waals surface area contributed by atoms with Gasteiger partial charge in [-0.2, -0.15) is 5.26 Å². The Morgan fingerprint density at radius 1 is 1.17 bits per heavy atom. The van der Waals surface area contributed by atoms with Crippen LogP contribution >= 0.6 is 0 Å². The highest BCUT2D eigenvalue weighted by Gasteiger charge is 2.29.